The maximum Gasteiger partial charge on any atom is 0.326 e. The summed E-state index contributed by atoms with van der Waals surface area (Å²) in [5.74, 6) is 0.601. The van der Waals surface area contributed by atoms with Crippen molar-refractivity contribution in [2.24, 2.45) is 4.99 Å². The van der Waals surface area contributed by atoms with Gasteiger partial charge < -0.3 is 24.6 Å². The van der Waals surface area contributed by atoms with Crippen LogP contribution in [0.25, 0.3) is 0 Å². The first-order valence-corrected chi connectivity index (χ1v) is 16.1. The van der Waals surface area contributed by atoms with Crippen LogP contribution in [0, 0.1) is 0 Å². The lowest BCUT2D eigenvalue weighted by Gasteiger charge is -2.31. The summed E-state index contributed by atoms with van der Waals surface area (Å²) in [5, 5.41) is 5.59. The topological polar surface area (TPSA) is 113 Å². The van der Waals surface area contributed by atoms with Crippen molar-refractivity contribution in [3.05, 3.63) is 90.0 Å². The third-order valence-electron chi connectivity index (χ3n) is 8.41. The van der Waals surface area contributed by atoms with Crippen LogP contribution < -0.4 is 15.4 Å². The lowest BCUT2D eigenvalue weighted by atomic mass is 9.94. The fourth-order valence-electron chi connectivity index (χ4n) is 5.82. The summed E-state index contributed by atoms with van der Waals surface area (Å²) < 4.78 is 11.7. The number of hydrogen-bond donors (Lipinski definition) is 2. The van der Waals surface area contributed by atoms with Crippen molar-refractivity contribution in [1.29, 1.82) is 0 Å². The summed E-state index contributed by atoms with van der Waals surface area (Å²) in [5.41, 5.74) is 3.01. The molecule has 1 atom stereocenters. The molecule has 5 rings (SSSR count). The molecule has 0 aromatic heterocycles. The number of hydrogen-bond acceptors (Lipinski definition) is 7. The molecule has 3 amide bonds. The lowest BCUT2D eigenvalue weighted by Crippen LogP contribution is -2.48. The maximum atomic E-state index is 13.1. The normalized spacial score (nSPS) is 15.2. The van der Waals surface area contributed by atoms with Crippen molar-refractivity contribution in [2.75, 3.05) is 25.5 Å². The number of guanidine groups is 1. The molecule has 0 saturated heterocycles. The highest BCUT2D eigenvalue weighted by atomic mass is 16.5. The minimum absolute atomic E-state index is 0.122. The molecule has 10 nitrogen and oxygen atoms in total. The van der Waals surface area contributed by atoms with E-state index >= 15 is 0 Å². The fraction of sp³-hybridized carbons (Fsp3) is 0.389. The number of rotatable bonds is 11. The molecule has 1 aliphatic carbocycles. The zero-order chi connectivity index (χ0) is 32.3. The zero-order valence-electron chi connectivity index (χ0n) is 26.6. The number of nitrogens with zero attached hydrogens (tertiary/aromatic N) is 3. The van der Waals surface area contributed by atoms with E-state index in [1.165, 1.54) is 19.3 Å². The van der Waals surface area contributed by atoms with Gasteiger partial charge in [0.2, 0.25) is 11.9 Å². The number of benzene rings is 3. The Balaban J connectivity index is 1.22. The van der Waals surface area contributed by atoms with Crippen molar-refractivity contribution < 1.29 is 23.9 Å². The van der Waals surface area contributed by atoms with Gasteiger partial charge >= 0.3 is 12.0 Å². The molecule has 242 valence electrons. The molecule has 1 heterocycles. The highest BCUT2D eigenvalue weighted by molar-refractivity contribution is 6.04. The summed E-state index contributed by atoms with van der Waals surface area (Å²) in [6.07, 6.45) is 6.45. The number of para-hydroxylation sites is 1. The van der Waals surface area contributed by atoms with Gasteiger partial charge in [0.05, 0.1) is 12.3 Å². The van der Waals surface area contributed by atoms with E-state index in [0.717, 1.165) is 24.0 Å². The van der Waals surface area contributed by atoms with E-state index in [0.29, 0.717) is 49.2 Å². The molecular formula is C36H43N5O5. The second kappa shape index (κ2) is 15.9. The smallest absolute Gasteiger partial charge is 0.326 e. The van der Waals surface area contributed by atoms with Crippen LogP contribution in [-0.2, 0) is 20.9 Å². The predicted molar refractivity (Wildman–Crippen MR) is 178 cm³/mol. The van der Waals surface area contributed by atoms with Crippen molar-refractivity contribution in [3.63, 3.8) is 0 Å². The highest BCUT2D eigenvalue weighted by Crippen LogP contribution is 2.30. The van der Waals surface area contributed by atoms with Crippen LogP contribution >= 0.6 is 0 Å². The molecule has 1 fully saturated rings. The van der Waals surface area contributed by atoms with Gasteiger partial charge in [-0.15, -0.1) is 0 Å². The first kappa shape index (κ1) is 32.5. The Labute approximate surface area is 270 Å². The summed E-state index contributed by atoms with van der Waals surface area (Å²) in [6, 6.07) is 24.0. The lowest BCUT2D eigenvalue weighted by molar-refractivity contribution is -0.149. The van der Waals surface area contributed by atoms with Gasteiger partial charge in [0.1, 0.15) is 18.4 Å². The van der Waals surface area contributed by atoms with Gasteiger partial charge in [-0.3, -0.25) is 14.9 Å². The van der Waals surface area contributed by atoms with Crippen LogP contribution in [0.5, 0.6) is 5.75 Å². The number of amides is 3. The van der Waals surface area contributed by atoms with Gasteiger partial charge in [-0.2, -0.15) is 0 Å². The molecule has 3 aromatic carbocycles. The number of anilines is 1. The number of ether oxygens (including phenoxy) is 2. The number of nitrogens with one attached hydrogen (secondary N) is 2. The first-order valence-electron chi connectivity index (χ1n) is 16.1. The molecule has 46 heavy (non-hydrogen) atoms. The van der Waals surface area contributed by atoms with E-state index in [-0.39, 0.29) is 18.4 Å². The number of fused-ring (bicyclic) bond motifs is 1. The fourth-order valence-corrected chi connectivity index (χ4v) is 5.82. The summed E-state index contributed by atoms with van der Waals surface area (Å²) in [6.45, 7) is 2.41. The number of esters is 1. The second-order valence-corrected chi connectivity index (χ2v) is 11.8. The Morgan fingerprint density at radius 3 is 2.41 bits per heavy atom. The van der Waals surface area contributed by atoms with Gasteiger partial charge in [0.25, 0.3) is 0 Å². The zero-order valence-corrected chi connectivity index (χ0v) is 26.6. The van der Waals surface area contributed by atoms with Crippen molar-refractivity contribution in [3.8, 4) is 5.75 Å². The SMILES string of the molecule is CC(OC(=O)CN1Cc2cc(OCCCC(=O)N(C)C3CCCCC3)ccc2N=C1NC(=O)Nc1ccccc1)c1ccccc1. The third kappa shape index (κ3) is 9.09. The molecule has 0 bridgehead atoms. The minimum Gasteiger partial charge on any atom is -0.494 e. The van der Waals surface area contributed by atoms with E-state index < -0.39 is 18.1 Å². The number of urea groups is 1. The number of aliphatic imine (C=N–C) groups is 1. The number of carbonyl (C=O) groups excluding carboxylic acids is 3. The van der Waals surface area contributed by atoms with Crippen LogP contribution in [0.15, 0.2) is 83.9 Å². The molecule has 3 aromatic rings. The van der Waals surface area contributed by atoms with Crippen LogP contribution in [0.1, 0.15) is 69.1 Å². The Morgan fingerprint density at radius 1 is 0.957 bits per heavy atom. The average Bonchev–Trinajstić information content (AvgIpc) is 3.07. The molecule has 1 saturated carbocycles. The molecule has 2 aliphatic rings. The van der Waals surface area contributed by atoms with Gasteiger partial charge in [-0.05, 0) is 62.1 Å². The van der Waals surface area contributed by atoms with E-state index in [2.05, 4.69) is 15.6 Å². The van der Waals surface area contributed by atoms with Crippen molar-refractivity contribution >= 4 is 35.2 Å². The molecule has 10 heteroatoms. The van der Waals surface area contributed by atoms with E-state index in [1.54, 1.807) is 17.0 Å². The van der Waals surface area contributed by atoms with Crippen LogP contribution in [0.2, 0.25) is 0 Å². The van der Waals surface area contributed by atoms with Gasteiger partial charge in [0.15, 0.2) is 0 Å². The third-order valence-corrected chi connectivity index (χ3v) is 8.41. The van der Waals surface area contributed by atoms with Crippen LogP contribution in [0.3, 0.4) is 0 Å². The molecule has 0 radical (unpaired) electrons. The van der Waals surface area contributed by atoms with E-state index in [4.69, 9.17) is 9.47 Å². The largest absolute Gasteiger partial charge is 0.494 e. The summed E-state index contributed by atoms with van der Waals surface area (Å²) in [4.78, 5) is 46.9. The van der Waals surface area contributed by atoms with Gasteiger partial charge in [-0.25, -0.2) is 9.79 Å². The Kier molecular flexibility index (Phi) is 11.3. The average molecular weight is 626 g/mol. The van der Waals surface area contributed by atoms with Crippen LogP contribution in [-0.4, -0.2) is 59.9 Å². The molecule has 2 N–H and O–H groups in total. The van der Waals surface area contributed by atoms with E-state index in [1.807, 2.05) is 85.6 Å². The highest BCUT2D eigenvalue weighted by Gasteiger charge is 2.26. The molecule has 1 unspecified atom stereocenters. The molecule has 0 spiro atoms. The predicted octanol–water partition coefficient (Wildman–Crippen LogP) is 6.57. The van der Waals surface area contributed by atoms with Gasteiger partial charge in [-0.1, -0.05) is 67.8 Å². The molecular weight excluding hydrogens is 582 g/mol. The van der Waals surface area contributed by atoms with E-state index in [9.17, 15) is 14.4 Å². The Bertz CT molecular complexity index is 1510. The van der Waals surface area contributed by atoms with Crippen LogP contribution in [0.4, 0.5) is 16.2 Å². The maximum absolute atomic E-state index is 13.1. The molecule has 1 aliphatic heterocycles. The Hall–Kier alpha value is -4.86. The minimum atomic E-state index is -0.479. The standard InChI is InChI=1S/C36H43N5O5/c1-26(27-13-6-3-7-14-27)46-34(43)25-41-24-28-23-31(45-22-12-19-33(42)40(2)30-17-10-5-11-18-30)20-21-32(28)38-35(41)39-36(44)37-29-15-8-4-9-16-29/h3-4,6-9,13-16,20-21,23,26,30H,5,10-12,17-19,22,24-25H2,1-2H3,(H2,37,38,39,44). The number of carbonyl (C=O) groups is 3. The summed E-state index contributed by atoms with van der Waals surface area (Å²) >= 11 is 0. The quantitative estimate of drug-likeness (QED) is 0.184. The second-order valence-electron chi connectivity index (χ2n) is 11.8. The first-order chi connectivity index (χ1) is 22.4. The van der Waals surface area contributed by atoms with Crippen molar-refractivity contribution in [2.45, 2.75) is 70.6 Å². The summed E-state index contributed by atoms with van der Waals surface area (Å²) in [7, 11) is 1.92. The van der Waals surface area contributed by atoms with Crippen molar-refractivity contribution in [1.82, 2.24) is 15.1 Å². The Morgan fingerprint density at radius 2 is 1.67 bits per heavy atom. The van der Waals surface area contributed by atoms with Gasteiger partial charge in [0, 0.05) is 37.3 Å². The monoisotopic (exact) mass is 625 g/mol.